The summed E-state index contributed by atoms with van der Waals surface area (Å²) in [5.74, 6) is -11.7. The van der Waals surface area contributed by atoms with E-state index in [1.807, 2.05) is 0 Å². The van der Waals surface area contributed by atoms with Crippen molar-refractivity contribution < 1.29 is 30.7 Å². The molecule has 0 saturated carbocycles. The van der Waals surface area contributed by atoms with E-state index in [1.165, 1.54) is 0 Å². The Labute approximate surface area is 84.7 Å². The smallest absolute Gasteiger partial charge is 0.257 e. The molecule has 1 atom stereocenters. The molecule has 1 aromatic carbocycles. The van der Waals surface area contributed by atoms with E-state index in [0.717, 1.165) is 0 Å². The van der Waals surface area contributed by atoms with Crippen LogP contribution in [0.3, 0.4) is 0 Å². The molecule has 16 heavy (non-hydrogen) atoms. The summed E-state index contributed by atoms with van der Waals surface area (Å²) in [6.45, 7) is 0. The fourth-order valence-corrected chi connectivity index (χ4v) is 1.04. The van der Waals surface area contributed by atoms with E-state index in [1.54, 1.807) is 0 Å². The van der Waals surface area contributed by atoms with Crippen LogP contribution >= 0.6 is 0 Å². The lowest BCUT2D eigenvalue weighted by atomic mass is 10.1. The van der Waals surface area contributed by atoms with Crippen molar-refractivity contribution in [3.05, 3.63) is 34.6 Å². The van der Waals surface area contributed by atoms with Gasteiger partial charge in [-0.15, -0.1) is 0 Å². The van der Waals surface area contributed by atoms with Crippen LogP contribution < -0.4 is 5.73 Å². The highest BCUT2D eigenvalue weighted by Crippen LogP contribution is 2.29. The van der Waals surface area contributed by atoms with Crippen molar-refractivity contribution in [1.82, 2.24) is 0 Å². The van der Waals surface area contributed by atoms with Crippen molar-refractivity contribution in [2.45, 2.75) is 12.5 Å². The number of hydrogen-bond acceptors (Lipinski definition) is 1. The molecule has 1 nitrogen and oxygen atoms in total. The Kier molecular flexibility index (Phi) is 3.41. The molecule has 2 N–H and O–H groups in total. The second-order valence-electron chi connectivity index (χ2n) is 2.84. The van der Waals surface area contributed by atoms with Crippen LogP contribution in [0.1, 0.15) is 11.6 Å². The predicted molar refractivity (Wildman–Crippen MR) is 39.2 cm³/mol. The standard InChI is InChI=1S/C8H4F7N/c9-2-1(7(16)8(14)15)3(10)5(12)6(13)4(2)11/h7-8H,16H2/t7-/m0/s1. The maximum Gasteiger partial charge on any atom is 0.257 e. The molecule has 0 amide bonds. The van der Waals surface area contributed by atoms with E-state index in [2.05, 4.69) is 5.73 Å². The van der Waals surface area contributed by atoms with Gasteiger partial charge in [-0.2, -0.15) is 0 Å². The number of nitrogens with two attached hydrogens (primary N) is 1. The van der Waals surface area contributed by atoms with Crippen LogP contribution in [0, 0.1) is 29.1 Å². The molecule has 0 radical (unpaired) electrons. The topological polar surface area (TPSA) is 26.0 Å². The summed E-state index contributed by atoms with van der Waals surface area (Å²) in [4.78, 5) is 0. The third kappa shape index (κ3) is 1.84. The lowest BCUT2D eigenvalue weighted by Gasteiger charge is -2.14. The number of hydrogen-bond donors (Lipinski definition) is 1. The summed E-state index contributed by atoms with van der Waals surface area (Å²) >= 11 is 0. The second kappa shape index (κ2) is 4.28. The zero-order chi connectivity index (χ0) is 12.6. The molecule has 0 fully saturated rings. The molecule has 0 spiro atoms. The number of alkyl halides is 2. The van der Waals surface area contributed by atoms with Gasteiger partial charge in [-0.25, -0.2) is 30.7 Å². The summed E-state index contributed by atoms with van der Waals surface area (Å²) < 4.78 is 87.5. The fraction of sp³-hybridized carbons (Fsp3) is 0.250. The van der Waals surface area contributed by atoms with Gasteiger partial charge in [0, 0.05) is 0 Å². The van der Waals surface area contributed by atoms with Gasteiger partial charge in [-0.3, -0.25) is 0 Å². The Hall–Kier alpha value is -1.31. The SMILES string of the molecule is N[C@@H](c1c(F)c(F)c(F)c(F)c1F)C(F)F. The monoisotopic (exact) mass is 247 g/mol. The van der Waals surface area contributed by atoms with E-state index in [-0.39, 0.29) is 0 Å². The first-order chi connectivity index (χ1) is 7.29. The van der Waals surface area contributed by atoms with E-state index >= 15 is 0 Å². The fourth-order valence-electron chi connectivity index (χ4n) is 1.04. The summed E-state index contributed by atoms with van der Waals surface area (Å²) in [5, 5.41) is 0. The van der Waals surface area contributed by atoms with Gasteiger partial charge in [0.25, 0.3) is 6.43 Å². The molecule has 0 aliphatic rings. The molecule has 0 aromatic heterocycles. The van der Waals surface area contributed by atoms with Gasteiger partial charge in [0.1, 0.15) is 0 Å². The van der Waals surface area contributed by atoms with E-state index in [0.29, 0.717) is 0 Å². The Balaban J connectivity index is 3.51. The van der Waals surface area contributed by atoms with Crippen molar-refractivity contribution in [1.29, 1.82) is 0 Å². The van der Waals surface area contributed by atoms with Crippen LogP contribution in [0.4, 0.5) is 30.7 Å². The van der Waals surface area contributed by atoms with E-state index < -0.39 is 47.1 Å². The Morgan fingerprint density at radius 3 is 1.31 bits per heavy atom. The van der Waals surface area contributed by atoms with Crippen LogP contribution in [-0.2, 0) is 0 Å². The predicted octanol–water partition coefficient (Wildman–Crippen LogP) is 2.65. The highest BCUT2D eigenvalue weighted by Gasteiger charge is 2.32. The van der Waals surface area contributed by atoms with Gasteiger partial charge in [-0.05, 0) is 0 Å². The minimum absolute atomic E-state index is 1.72. The van der Waals surface area contributed by atoms with E-state index in [9.17, 15) is 30.7 Å². The molecule has 1 rings (SSSR count). The quantitative estimate of drug-likeness (QED) is 0.485. The summed E-state index contributed by atoms with van der Waals surface area (Å²) in [7, 11) is 0. The molecule has 0 unspecified atom stereocenters. The van der Waals surface area contributed by atoms with Crippen molar-refractivity contribution >= 4 is 0 Å². The molecule has 0 aliphatic carbocycles. The normalized spacial score (nSPS) is 13.3. The largest absolute Gasteiger partial charge is 0.319 e. The Morgan fingerprint density at radius 1 is 0.688 bits per heavy atom. The molecule has 8 heteroatoms. The minimum atomic E-state index is -3.45. The summed E-state index contributed by atoms with van der Waals surface area (Å²) in [6.07, 6.45) is -3.45. The van der Waals surface area contributed by atoms with Gasteiger partial charge < -0.3 is 5.73 Å². The molecule has 0 bridgehead atoms. The zero-order valence-electron chi connectivity index (χ0n) is 7.38. The molecule has 90 valence electrons. The average Bonchev–Trinajstić information content (AvgIpc) is 2.23. The van der Waals surface area contributed by atoms with E-state index in [4.69, 9.17) is 0 Å². The van der Waals surface area contributed by atoms with Crippen LogP contribution in [0.5, 0.6) is 0 Å². The maximum atomic E-state index is 12.9. The van der Waals surface area contributed by atoms with Gasteiger partial charge >= 0.3 is 0 Å². The van der Waals surface area contributed by atoms with Crippen LogP contribution in [0.2, 0.25) is 0 Å². The van der Waals surface area contributed by atoms with Gasteiger partial charge in [-0.1, -0.05) is 0 Å². The van der Waals surface area contributed by atoms with Crippen molar-refractivity contribution in [3.8, 4) is 0 Å². The Bertz CT molecular complexity index is 388. The molecule has 0 heterocycles. The zero-order valence-corrected chi connectivity index (χ0v) is 7.38. The van der Waals surface area contributed by atoms with Crippen LogP contribution in [-0.4, -0.2) is 6.43 Å². The highest BCUT2D eigenvalue weighted by molar-refractivity contribution is 5.27. The average molecular weight is 247 g/mol. The van der Waals surface area contributed by atoms with Crippen molar-refractivity contribution in [2.24, 2.45) is 5.73 Å². The molecular formula is C8H4F7N. The highest BCUT2D eigenvalue weighted by atomic mass is 19.3. The first-order valence-electron chi connectivity index (χ1n) is 3.84. The van der Waals surface area contributed by atoms with Gasteiger partial charge in [0.05, 0.1) is 11.6 Å². The maximum absolute atomic E-state index is 12.9. The van der Waals surface area contributed by atoms with Crippen LogP contribution in [0.25, 0.3) is 0 Å². The first-order valence-corrected chi connectivity index (χ1v) is 3.84. The molecule has 0 aliphatic heterocycles. The third-order valence-electron chi connectivity index (χ3n) is 1.85. The minimum Gasteiger partial charge on any atom is -0.319 e. The molecule has 0 saturated heterocycles. The third-order valence-corrected chi connectivity index (χ3v) is 1.85. The Morgan fingerprint density at radius 2 is 1.00 bits per heavy atom. The summed E-state index contributed by atoms with van der Waals surface area (Å²) in [6, 6.07) is -2.58. The molecular weight excluding hydrogens is 243 g/mol. The number of benzene rings is 1. The van der Waals surface area contributed by atoms with Gasteiger partial charge in [0.15, 0.2) is 23.3 Å². The summed E-state index contributed by atoms with van der Waals surface area (Å²) in [5.41, 5.74) is 2.93. The van der Waals surface area contributed by atoms with Crippen LogP contribution in [0.15, 0.2) is 0 Å². The number of halogens is 7. The second-order valence-corrected chi connectivity index (χ2v) is 2.84. The van der Waals surface area contributed by atoms with Crippen molar-refractivity contribution in [3.63, 3.8) is 0 Å². The van der Waals surface area contributed by atoms with Crippen molar-refractivity contribution in [2.75, 3.05) is 0 Å². The lowest BCUT2D eigenvalue weighted by Crippen LogP contribution is -2.24. The number of rotatable bonds is 2. The van der Waals surface area contributed by atoms with Gasteiger partial charge in [0.2, 0.25) is 5.82 Å². The lowest BCUT2D eigenvalue weighted by molar-refractivity contribution is 0.112. The molecule has 1 aromatic rings. The first kappa shape index (κ1) is 12.8.